The quantitative estimate of drug-likeness (QED) is 0.569. The first kappa shape index (κ1) is 12.3. The minimum atomic E-state index is -0.106. The average Bonchev–Trinajstić information content (AvgIpc) is 2.77. The van der Waals surface area contributed by atoms with Gasteiger partial charge in [0.15, 0.2) is 0 Å². The number of carbonyl (C=O) groups is 2. The third kappa shape index (κ3) is 2.95. The molecular formula is C11H19N3O3. The third-order valence-electron chi connectivity index (χ3n) is 3.43. The predicted octanol–water partition coefficient (Wildman–Crippen LogP) is -1.38. The van der Waals surface area contributed by atoms with Gasteiger partial charge in [-0.3, -0.25) is 9.59 Å². The Labute approximate surface area is 100 Å². The second kappa shape index (κ2) is 5.46. The standard InChI is InChI=1S/C11H19N3O3/c1-17-9-6-12-5-8(9)14-11(16)7-2-3-10(15)13-4-7/h7-9,12H,2-6H2,1H3,(H,13,15)(H,14,16)/t7?,8?,9-/m0/s1. The van der Waals surface area contributed by atoms with E-state index in [0.29, 0.717) is 19.4 Å². The smallest absolute Gasteiger partial charge is 0.225 e. The van der Waals surface area contributed by atoms with Crippen molar-refractivity contribution in [2.75, 3.05) is 26.7 Å². The highest BCUT2D eigenvalue weighted by Crippen LogP contribution is 2.12. The monoisotopic (exact) mass is 241 g/mol. The van der Waals surface area contributed by atoms with E-state index < -0.39 is 0 Å². The van der Waals surface area contributed by atoms with Crippen molar-refractivity contribution < 1.29 is 14.3 Å². The summed E-state index contributed by atoms with van der Waals surface area (Å²) >= 11 is 0. The number of piperidine rings is 1. The van der Waals surface area contributed by atoms with Crippen LogP contribution in [0, 0.1) is 5.92 Å². The number of carbonyl (C=O) groups excluding carboxylic acids is 2. The topological polar surface area (TPSA) is 79.5 Å². The van der Waals surface area contributed by atoms with E-state index in [1.165, 1.54) is 0 Å². The van der Waals surface area contributed by atoms with Crippen molar-refractivity contribution in [3.8, 4) is 0 Å². The van der Waals surface area contributed by atoms with Crippen molar-refractivity contribution in [2.24, 2.45) is 5.92 Å². The van der Waals surface area contributed by atoms with Gasteiger partial charge in [0.25, 0.3) is 0 Å². The maximum atomic E-state index is 12.0. The van der Waals surface area contributed by atoms with E-state index in [1.807, 2.05) is 0 Å². The van der Waals surface area contributed by atoms with Gasteiger partial charge >= 0.3 is 0 Å². The van der Waals surface area contributed by atoms with Gasteiger partial charge in [-0.25, -0.2) is 0 Å². The Morgan fingerprint density at radius 3 is 2.88 bits per heavy atom. The van der Waals surface area contributed by atoms with Crippen LogP contribution in [-0.4, -0.2) is 50.7 Å². The van der Waals surface area contributed by atoms with Crippen LogP contribution in [0.2, 0.25) is 0 Å². The zero-order chi connectivity index (χ0) is 12.3. The first-order valence-electron chi connectivity index (χ1n) is 6.01. The minimum absolute atomic E-state index is 0.0146. The number of hydrogen-bond acceptors (Lipinski definition) is 4. The van der Waals surface area contributed by atoms with Gasteiger partial charge in [0.2, 0.25) is 11.8 Å². The summed E-state index contributed by atoms with van der Waals surface area (Å²) in [6.45, 7) is 1.95. The lowest BCUT2D eigenvalue weighted by atomic mass is 9.98. The lowest BCUT2D eigenvalue weighted by Crippen LogP contribution is -2.49. The van der Waals surface area contributed by atoms with E-state index in [1.54, 1.807) is 7.11 Å². The van der Waals surface area contributed by atoms with Crippen LogP contribution >= 0.6 is 0 Å². The Morgan fingerprint density at radius 1 is 1.41 bits per heavy atom. The van der Waals surface area contributed by atoms with Crippen LogP contribution in [0.25, 0.3) is 0 Å². The van der Waals surface area contributed by atoms with Gasteiger partial charge in [0.05, 0.1) is 18.1 Å². The van der Waals surface area contributed by atoms with E-state index >= 15 is 0 Å². The Hall–Kier alpha value is -1.14. The molecule has 2 aliphatic heterocycles. The molecule has 2 saturated heterocycles. The number of amides is 2. The lowest BCUT2D eigenvalue weighted by Gasteiger charge is -2.25. The lowest BCUT2D eigenvalue weighted by molar-refractivity contribution is -0.129. The molecule has 2 amide bonds. The molecule has 0 spiro atoms. The van der Waals surface area contributed by atoms with Crippen molar-refractivity contribution in [1.29, 1.82) is 0 Å². The molecule has 6 nitrogen and oxygen atoms in total. The molecule has 2 heterocycles. The summed E-state index contributed by atoms with van der Waals surface area (Å²) in [5, 5.41) is 8.88. The Balaban J connectivity index is 1.82. The van der Waals surface area contributed by atoms with Crippen LogP contribution in [0.15, 0.2) is 0 Å². The summed E-state index contributed by atoms with van der Waals surface area (Å²) in [5.74, 6) is -0.0575. The van der Waals surface area contributed by atoms with Crippen LogP contribution in [0.5, 0.6) is 0 Å². The van der Waals surface area contributed by atoms with Crippen molar-refractivity contribution in [1.82, 2.24) is 16.0 Å². The number of methoxy groups -OCH3 is 1. The first-order chi connectivity index (χ1) is 8.20. The molecule has 0 bridgehead atoms. The fourth-order valence-electron chi connectivity index (χ4n) is 2.30. The Kier molecular flexibility index (Phi) is 3.96. The Morgan fingerprint density at radius 2 is 2.24 bits per heavy atom. The van der Waals surface area contributed by atoms with Crippen LogP contribution in [0.1, 0.15) is 12.8 Å². The number of rotatable bonds is 3. The van der Waals surface area contributed by atoms with Crippen molar-refractivity contribution in [2.45, 2.75) is 25.0 Å². The predicted molar refractivity (Wildman–Crippen MR) is 61.3 cm³/mol. The van der Waals surface area contributed by atoms with Gasteiger partial charge in [-0.2, -0.15) is 0 Å². The summed E-state index contributed by atoms with van der Waals surface area (Å²) in [6.07, 6.45) is 1.11. The van der Waals surface area contributed by atoms with E-state index in [0.717, 1.165) is 13.1 Å². The summed E-state index contributed by atoms with van der Waals surface area (Å²) in [4.78, 5) is 23.0. The maximum absolute atomic E-state index is 12.0. The van der Waals surface area contributed by atoms with Crippen molar-refractivity contribution >= 4 is 11.8 Å². The first-order valence-corrected chi connectivity index (χ1v) is 6.01. The summed E-state index contributed by atoms with van der Waals surface area (Å²) < 4.78 is 5.28. The van der Waals surface area contributed by atoms with E-state index in [4.69, 9.17) is 4.74 Å². The molecule has 0 saturated carbocycles. The van der Waals surface area contributed by atoms with Gasteiger partial charge in [0, 0.05) is 33.2 Å². The molecule has 0 aromatic heterocycles. The van der Waals surface area contributed by atoms with Crippen LogP contribution in [0.3, 0.4) is 0 Å². The van der Waals surface area contributed by atoms with Gasteiger partial charge in [-0.15, -0.1) is 0 Å². The van der Waals surface area contributed by atoms with Crippen LogP contribution < -0.4 is 16.0 Å². The molecular weight excluding hydrogens is 222 g/mol. The fraction of sp³-hybridized carbons (Fsp3) is 0.818. The maximum Gasteiger partial charge on any atom is 0.225 e. The van der Waals surface area contributed by atoms with Gasteiger partial charge in [0.1, 0.15) is 0 Å². The molecule has 3 atom stereocenters. The Bertz CT molecular complexity index is 298. The largest absolute Gasteiger partial charge is 0.378 e. The average molecular weight is 241 g/mol. The molecule has 0 aliphatic carbocycles. The van der Waals surface area contributed by atoms with Crippen molar-refractivity contribution in [3.63, 3.8) is 0 Å². The third-order valence-corrected chi connectivity index (χ3v) is 3.43. The second-order valence-electron chi connectivity index (χ2n) is 4.59. The highest BCUT2D eigenvalue weighted by atomic mass is 16.5. The summed E-state index contributed by atoms with van der Waals surface area (Å²) in [5.41, 5.74) is 0. The summed E-state index contributed by atoms with van der Waals surface area (Å²) in [6, 6.07) is 0.0325. The van der Waals surface area contributed by atoms with Gasteiger partial charge in [-0.05, 0) is 6.42 Å². The van der Waals surface area contributed by atoms with Crippen LogP contribution in [-0.2, 0) is 14.3 Å². The molecule has 17 heavy (non-hydrogen) atoms. The van der Waals surface area contributed by atoms with Crippen LogP contribution in [0.4, 0.5) is 0 Å². The zero-order valence-corrected chi connectivity index (χ0v) is 9.99. The molecule has 0 aromatic rings. The molecule has 2 aliphatic rings. The number of nitrogens with one attached hydrogen (secondary N) is 3. The highest BCUT2D eigenvalue weighted by Gasteiger charge is 2.31. The van der Waals surface area contributed by atoms with E-state index in [2.05, 4.69) is 16.0 Å². The van der Waals surface area contributed by atoms with E-state index in [9.17, 15) is 9.59 Å². The molecule has 2 rings (SSSR count). The van der Waals surface area contributed by atoms with Gasteiger partial charge in [-0.1, -0.05) is 0 Å². The SMILES string of the molecule is CO[C@H]1CNCC1NC(=O)C1CCC(=O)NC1. The minimum Gasteiger partial charge on any atom is -0.378 e. The van der Waals surface area contributed by atoms with Gasteiger partial charge < -0.3 is 20.7 Å². The number of ether oxygens (including phenoxy) is 1. The molecule has 0 aromatic carbocycles. The molecule has 6 heteroatoms. The summed E-state index contributed by atoms with van der Waals surface area (Å²) in [7, 11) is 1.65. The molecule has 0 radical (unpaired) electrons. The molecule has 2 unspecified atom stereocenters. The van der Waals surface area contributed by atoms with E-state index in [-0.39, 0.29) is 29.9 Å². The molecule has 96 valence electrons. The molecule has 3 N–H and O–H groups in total. The van der Waals surface area contributed by atoms with Crippen molar-refractivity contribution in [3.05, 3.63) is 0 Å². The fourth-order valence-corrected chi connectivity index (χ4v) is 2.30. The normalized spacial score (nSPS) is 33.2. The second-order valence-corrected chi connectivity index (χ2v) is 4.59. The highest BCUT2D eigenvalue weighted by molar-refractivity contribution is 5.83. The number of hydrogen-bond donors (Lipinski definition) is 3. The molecule has 2 fully saturated rings. The zero-order valence-electron chi connectivity index (χ0n) is 9.99.